The van der Waals surface area contributed by atoms with E-state index >= 15 is 0 Å². The van der Waals surface area contributed by atoms with Crippen LogP contribution in [0.25, 0.3) is 0 Å². The van der Waals surface area contributed by atoms with E-state index in [0.29, 0.717) is 12.5 Å². The number of halogens is 2. The third kappa shape index (κ3) is 4.93. The molecule has 5 heteroatoms. The summed E-state index contributed by atoms with van der Waals surface area (Å²) in [5.74, 6) is 0.472. The molecule has 1 saturated heterocycles. The lowest BCUT2D eigenvalue weighted by Gasteiger charge is -2.34. The van der Waals surface area contributed by atoms with E-state index in [4.69, 9.17) is 22.1 Å². The minimum absolute atomic E-state index is 0. The number of rotatable bonds is 4. The molecular formula is C14H22Cl2N2O. The van der Waals surface area contributed by atoms with Crippen LogP contribution in [0.15, 0.2) is 24.3 Å². The summed E-state index contributed by atoms with van der Waals surface area (Å²) in [6.07, 6.45) is 0.185. The van der Waals surface area contributed by atoms with Crippen molar-refractivity contribution >= 4 is 24.0 Å². The van der Waals surface area contributed by atoms with E-state index in [2.05, 4.69) is 17.9 Å². The minimum atomic E-state index is 0. The highest BCUT2D eigenvalue weighted by atomic mass is 35.5. The number of ether oxygens (including phenoxy) is 1. The van der Waals surface area contributed by atoms with Gasteiger partial charge in [0.15, 0.2) is 0 Å². The van der Waals surface area contributed by atoms with Crippen molar-refractivity contribution in [3.63, 3.8) is 0 Å². The molecule has 1 aromatic rings. The van der Waals surface area contributed by atoms with Gasteiger partial charge in [-0.3, -0.25) is 4.90 Å². The summed E-state index contributed by atoms with van der Waals surface area (Å²) < 4.78 is 5.58. The van der Waals surface area contributed by atoms with Crippen LogP contribution in [0, 0.1) is 0 Å². The van der Waals surface area contributed by atoms with Gasteiger partial charge in [-0.25, -0.2) is 0 Å². The van der Waals surface area contributed by atoms with E-state index < -0.39 is 0 Å². The predicted octanol–water partition coefficient (Wildman–Crippen LogP) is 2.52. The molecule has 0 spiro atoms. The molecule has 2 unspecified atom stereocenters. The average Bonchev–Trinajstić information content (AvgIpc) is 2.39. The van der Waals surface area contributed by atoms with Crippen molar-refractivity contribution in [1.82, 2.24) is 4.90 Å². The first-order chi connectivity index (χ1) is 8.69. The minimum Gasteiger partial charge on any atom is -0.374 e. The molecule has 3 nitrogen and oxygen atoms in total. The van der Waals surface area contributed by atoms with Crippen molar-refractivity contribution in [2.24, 2.45) is 5.73 Å². The molecule has 19 heavy (non-hydrogen) atoms. The van der Waals surface area contributed by atoms with Gasteiger partial charge < -0.3 is 10.5 Å². The highest BCUT2D eigenvalue weighted by Gasteiger charge is 2.21. The summed E-state index contributed by atoms with van der Waals surface area (Å²) in [4.78, 5) is 2.42. The zero-order valence-electron chi connectivity index (χ0n) is 11.2. The van der Waals surface area contributed by atoms with Gasteiger partial charge in [0, 0.05) is 31.2 Å². The molecule has 0 bridgehead atoms. The summed E-state index contributed by atoms with van der Waals surface area (Å²) in [5.41, 5.74) is 6.95. The summed E-state index contributed by atoms with van der Waals surface area (Å²) in [7, 11) is 0. The molecule has 0 saturated carbocycles. The van der Waals surface area contributed by atoms with Crippen molar-refractivity contribution in [1.29, 1.82) is 0 Å². The summed E-state index contributed by atoms with van der Waals surface area (Å²) in [6, 6.07) is 8.11. The fourth-order valence-electron chi connectivity index (χ4n) is 2.39. The molecule has 0 aromatic heterocycles. The SMILES string of the molecule is CC(CN1CCOC(CN)C1)c1cccc(Cl)c1.Cl. The van der Waals surface area contributed by atoms with Gasteiger partial charge >= 0.3 is 0 Å². The fourth-order valence-corrected chi connectivity index (χ4v) is 2.59. The van der Waals surface area contributed by atoms with Crippen LogP contribution in [0.1, 0.15) is 18.4 Å². The molecule has 1 fully saturated rings. The van der Waals surface area contributed by atoms with Crippen LogP contribution >= 0.6 is 24.0 Å². The molecule has 108 valence electrons. The number of hydrogen-bond acceptors (Lipinski definition) is 3. The van der Waals surface area contributed by atoms with Crippen molar-refractivity contribution in [3.8, 4) is 0 Å². The molecule has 2 rings (SSSR count). The van der Waals surface area contributed by atoms with Crippen LogP contribution in [0.3, 0.4) is 0 Å². The maximum Gasteiger partial charge on any atom is 0.0824 e. The van der Waals surface area contributed by atoms with Crippen LogP contribution in [0.5, 0.6) is 0 Å². The Balaban J connectivity index is 0.00000180. The van der Waals surface area contributed by atoms with Crippen molar-refractivity contribution < 1.29 is 4.74 Å². The van der Waals surface area contributed by atoms with Crippen LogP contribution in [-0.2, 0) is 4.74 Å². The van der Waals surface area contributed by atoms with Crippen LogP contribution in [0.2, 0.25) is 5.02 Å². The molecule has 0 amide bonds. The standard InChI is InChI=1S/C14H21ClN2O.ClH/c1-11(12-3-2-4-13(15)7-12)9-17-5-6-18-14(8-16)10-17;/h2-4,7,11,14H,5-6,8-10,16H2,1H3;1H. The lowest BCUT2D eigenvalue weighted by Crippen LogP contribution is -2.46. The Morgan fingerprint density at radius 3 is 3.00 bits per heavy atom. The van der Waals surface area contributed by atoms with Crippen molar-refractivity contribution in [2.45, 2.75) is 18.9 Å². The first-order valence-electron chi connectivity index (χ1n) is 6.48. The fraction of sp³-hybridized carbons (Fsp3) is 0.571. The van der Waals surface area contributed by atoms with Crippen LogP contribution in [-0.4, -0.2) is 43.8 Å². The van der Waals surface area contributed by atoms with E-state index in [0.717, 1.165) is 31.3 Å². The Hall–Kier alpha value is -0.320. The molecule has 1 heterocycles. The number of nitrogens with zero attached hydrogens (tertiary/aromatic N) is 1. The van der Waals surface area contributed by atoms with Gasteiger partial charge in [0.25, 0.3) is 0 Å². The van der Waals surface area contributed by atoms with Crippen LogP contribution < -0.4 is 5.73 Å². The first-order valence-corrected chi connectivity index (χ1v) is 6.86. The van der Waals surface area contributed by atoms with E-state index in [9.17, 15) is 0 Å². The Bertz CT molecular complexity index is 389. The van der Waals surface area contributed by atoms with E-state index in [1.165, 1.54) is 5.56 Å². The van der Waals surface area contributed by atoms with E-state index in [1.54, 1.807) is 0 Å². The maximum atomic E-state index is 6.03. The molecule has 1 aliphatic rings. The number of morpholine rings is 1. The second-order valence-electron chi connectivity index (χ2n) is 4.94. The highest BCUT2D eigenvalue weighted by molar-refractivity contribution is 6.30. The molecule has 1 aromatic carbocycles. The van der Waals surface area contributed by atoms with Gasteiger partial charge in [0.1, 0.15) is 0 Å². The Labute approximate surface area is 126 Å². The third-order valence-electron chi connectivity index (χ3n) is 3.44. The largest absolute Gasteiger partial charge is 0.374 e. The molecule has 2 atom stereocenters. The zero-order chi connectivity index (χ0) is 13.0. The summed E-state index contributed by atoms with van der Waals surface area (Å²) in [5, 5.41) is 0.807. The molecule has 0 aliphatic carbocycles. The van der Waals surface area contributed by atoms with Gasteiger partial charge in [-0.2, -0.15) is 0 Å². The number of nitrogens with two attached hydrogens (primary N) is 1. The van der Waals surface area contributed by atoms with Crippen LogP contribution in [0.4, 0.5) is 0 Å². The topological polar surface area (TPSA) is 38.5 Å². The van der Waals surface area contributed by atoms with Gasteiger partial charge in [-0.1, -0.05) is 30.7 Å². The lowest BCUT2D eigenvalue weighted by molar-refractivity contribution is -0.0244. The smallest absolute Gasteiger partial charge is 0.0824 e. The Morgan fingerprint density at radius 1 is 1.53 bits per heavy atom. The van der Waals surface area contributed by atoms with Gasteiger partial charge in [-0.15, -0.1) is 12.4 Å². The second-order valence-corrected chi connectivity index (χ2v) is 5.38. The van der Waals surface area contributed by atoms with Gasteiger partial charge in [-0.05, 0) is 23.6 Å². The number of hydrogen-bond donors (Lipinski definition) is 1. The maximum absolute atomic E-state index is 6.03. The zero-order valence-corrected chi connectivity index (χ0v) is 12.8. The average molecular weight is 305 g/mol. The van der Waals surface area contributed by atoms with Crippen molar-refractivity contribution in [3.05, 3.63) is 34.9 Å². The quantitative estimate of drug-likeness (QED) is 0.929. The van der Waals surface area contributed by atoms with Gasteiger partial charge in [0.2, 0.25) is 0 Å². The third-order valence-corrected chi connectivity index (χ3v) is 3.67. The molecule has 0 radical (unpaired) electrons. The first kappa shape index (κ1) is 16.7. The van der Waals surface area contributed by atoms with Crippen molar-refractivity contribution in [2.75, 3.05) is 32.8 Å². The second kappa shape index (κ2) is 8.08. The van der Waals surface area contributed by atoms with Gasteiger partial charge in [0.05, 0.1) is 12.7 Å². The Kier molecular flexibility index (Phi) is 7.11. The Morgan fingerprint density at radius 2 is 2.32 bits per heavy atom. The van der Waals surface area contributed by atoms with E-state index in [-0.39, 0.29) is 18.5 Å². The highest BCUT2D eigenvalue weighted by Crippen LogP contribution is 2.21. The summed E-state index contributed by atoms with van der Waals surface area (Å²) in [6.45, 7) is 6.56. The molecular weight excluding hydrogens is 283 g/mol. The normalized spacial score (nSPS) is 21.7. The van der Waals surface area contributed by atoms with E-state index in [1.807, 2.05) is 18.2 Å². The summed E-state index contributed by atoms with van der Waals surface area (Å²) >= 11 is 6.03. The monoisotopic (exact) mass is 304 g/mol. The predicted molar refractivity (Wildman–Crippen MR) is 82.3 cm³/mol. The lowest BCUT2D eigenvalue weighted by atomic mass is 10.0. The molecule has 1 aliphatic heterocycles. The number of benzene rings is 1. The molecule has 2 N–H and O–H groups in total.